The van der Waals surface area contributed by atoms with Crippen LogP contribution in [0.4, 0.5) is 0 Å². The van der Waals surface area contributed by atoms with Gasteiger partial charge in [0.15, 0.2) is 0 Å². The maximum atomic E-state index is 4.43. The molecule has 0 aliphatic carbocycles. The Labute approximate surface area is 94.9 Å². The van der Waals surface area contributed by atoms with Crippen LogP contribution in [0.3, 0.4) is 0 Å². The fourth-order valence-corrected chi connectivity index (χ4v) is 2.37. The van der Waals surface area contributed by atoms with Gasteiger partial charge in [0.05, 0.1) is 18.1 Å². The van der Waals surface area contributed by atoms with E-state index in [4.69, 9.17) is 0 Å². The molecule has 0 bridgehead atoms. The fraction of sp³-hybridized carbons (Fsp3) is 0.308. The molecule has 0 radical (unpaired) electrons. The van der Waals surface area contributed by atoms with Gasteiger partial charge in [0, 0.05) is 18.2 Å². The normalized spacial score (nSPS) is 24.1. The number of rotatable bonds is 1. The van der Waals surface area contributed by atoms with Crippen LogP contribution in [0.5, 0.6) is 0 Å². The Morgan fingerprint density at radius 1 is 1.25 bits per heavy atom. The maximum Gasteiger partial charge on any atom is 0.0926 e. The first kappa shape index (κ1) is 9.60. The number of fused-ring (bicyclic) bond motifs is 1. The van der Waals surface area contributed by atoms with E-state index in [0.717, 1.165) is 12.1 Å². The van der Waals surface area contributed by atoms with Crippen molar-refractivity contribution < 1.29 is 0 Å². The smallest absolute Gasteiger partial charge is 0.0926 e. The molecule has 1 aliphatic rings. The largest absolute Gasteiger partial charge is 0.348 e. The van der Waals surface area contributed by atoms with Crippen LogP contribution in [0.25, 0.3) is 0 Å². The van der Waals surface area contributed by atoms with E-state index in [1.807, 2.05) is 6.07 Å². The maximum absolute atomic E-state index is 4.43. The van der Waals surface area contributed by atoms with Crippen molar-refractivity contribution in [1.82, 2.24) is 15.3 Å². The lowest BCUT2D eigenvalue weighted by Crippen LogP contribution is -2.38. The standard InChI is InChI=1S/C13H15N3/c1-9-7-11-13(15-8-14-11)12(16-9)10-5-3-2-4-6-10/h2-6,8-9,12,16H,7H2,1H3,(H,14,15)/t9-,12?/m1/s1. The second-order valence-electron chi connectivity index (χ2n) is 4.38. The van der Waals surface area contributed by atoms with Crippen molar-refractivity contribution in [2.45, 2.75) is 25.4 Å². The van der Waals surface area contributed by atoms with Crippen molar-refractivity contribution in [1.29, 1.82) is 0 Å². The molecule has 3 heteroatoms. The minimum atomic E-state index is 0.228. The fourth-order valence-electron chi connectivity index (χ4n) is 2.37. The molecular weight excluding hydrogens is 198 g/mol. The zero-order valence-corrected chi connectivity index (χ0v) is 9.27. The minimum Gasteiger partial charge on any atom is -0.348 e. The summed E-state index contributed by atoms with van der Waals surface area (Å²) in [5.41, 5.74) is 3.69. The van der Waals surface area contributed by atoms with Crippen LogP contribution in [-0.4, -0.2) is 16.0 Å². The van der Waals surface area contributed by atoms with Gasteiger partial charge in [-0.25, -0.2) is 4.98 Å². The average molecular weight is 213 g/mol. The summed E-state index contributed by atoms with van der Waals surface area (Å²) in [6.45, 7) is 2.21. The Morgan fingerprint density at radius 3 is 2.88 bits per heavy atom. The zero-order valence-electron chi connectivity index (χ0n) is 9.27. The summed E-state index contributed by atoms with van der Waals surface area (Å²) in [5, 5.41) is 3.59. The van der Waals surface area contributed by atoms with Gasteiger partial charge in [0.25, 0.3) is 0 Å². The van der Waals surface area contributed by atoms with Crippen molar-refractivity contribution >= 4 is 0 Å². The molecule has 0 spiro atoms. The summed E-state index contributed by atoms with van der Waals surface area (Å²) < 4.78 is 0. The minimum absolute atomic E-state index is 0.228. The molecule has 3 rings (SSSR count). The van der Waals surface area contributed by atoms with Gasteiger partial charge in [-0.05, 0) is 12.5 Å². The molecule has 1 aromatic carbocycles. The number of nitrogens with zero attached hydrogens (tertiary/aromatic N) is 1. The van der Waals surface area contributed by atoms with E-state index < -0.39 is 0 Å². The molecule has 1 aromatic heterocycles. The predicted molar refractivity (Wildman–Crippen MR) is 63.2 cm³/mol. The monoisotopic (exact) mass is 213 g/mol. The predicted octanol–water partition coefficient (Wildman–Crippen LogP) is 2.03. The molecule has 82 valence electrons. The molecule has 2 heterocycles. The van der Waals surface area contributed by atoms with Gasteiger partial charge < -0.3 is 10.3 Å². The van der Waals surface area contributed by atoms with Crippen LogP contribution in [-0.2, 0) is 6.42 Å². The van der Waals surface area contributed by atoms with Crippen molar-refractivity contribution in [2.75, 3.05) is 0 Å². The molecule has 0 fully saturated rings. The van der Waals surface area contributed by atoms with Gasteiger partial charge in [0.2, 0.25) is 0 Å². The molecule has 1 aliphatic heterocycles. The lowest BCUT2D eigenvalue weighted by molar-refractivity contribution is 0.454. The van der Waals surface area contributed by atoms with Gasteiger partial charge >= 0.3 is 0 Å². The van der Waals surface area contributed by atoms with Gasteiger partial charge in [0.1, 0.15) is 0 Å². The summed E-state index contributed by atoms with van der Waals surface area (Å²) in [6.07, 6.45) is 2.82. The zero-order chi connectivity index (χ0) is 11.0. The topological polar surface area (TPSA) is 40.7 Å². The van der Waals surface area contributed by atoms with Crippen LogP contribution in [0.2, 0.25) is 0 Å². The SMILES string of the molecule is C[C@@H]1Cc2[nH]cnc2C(c2ccccc2)N1. The van der Waals surface area contributed by atoms with Crippen LogP contribution in [0.1, 0.15) is 29.9 Å². The lowest BCUT2D eigenvalue weighted by atomic mass is 9.95. The number of aromatic nitrogens is 2. The second-order valence-corrected chi connectivity index (χ2v) is 4.38. The van der Waals surface area contributed by atoms with E-state index in [1.54, 1.807) is 6.33 Å². The number of benzene rings is 1. The van der Waals surface area contributed by atoms with Crippen molar-refractivity contribution in [2.24, 2.45) is 0 Å². The molecular formula is C13H15N3. The van der Waals surface area contributed by atoms with E-state index >= 15 is 0 Å². The van der Waals surface area contributed by atoms with Crippen molar-refractivity contribution in [3.8, 4) is 0 Å². The van der Waals surface area contributed by atoms with Crippen molar-refractivity contribution in [3.63, 3.8) is 0 Å². The molecule has 16 heavy (non-hydrogen) atoms. The first-order valence-corrected chi connectivity index (χ1v) is 5.68. The average Bonchev–Trinajstić information content (AvgIpc) is 2.77. The Bertz CT molecular complexity index is 475. The third-order valence-corrected chi connectivity index (χ3v) is 3.12. The van der Waals surface area contributed by atoms with Crippen LogP contribution in [0.15, 0.2) is 36.7 Å². The molecule has 2 atom stereocenters. The van der Waals surface area contributed by atoms with E-state index in [2.05, 4.69) is 46.5 Å². The number of imidazole rings is 1. The highest BCUT2D eigenvalue weighted by Crippen LogP contribution is 2.27. The molecule has 0 amide bonds. The summed E-state index contributed by atoms with van der Waals surface area (Å²) in [4.78, 5) is 7.67. The number of hydrogen-bond donors (Lipinski definition) is 2. The van der Waals surface area contributed by atoms with Crippen LogP contribution in [0, 0.1) is 0 Å². The molecule has 2 N–H and O–H groups in total. The van der Waals surface area contributed by atoms with Crippen LogP contribution < -0.4 is 5.32 Å². The quantitative estimate of drug-likeness (QED) is 0.761. The van der Waals surface area contributed by atoms with E-state index in [0.29, 0.717) is 6.04 Å². The molecule has 2 aromatic rings. The number of aromatic amines is 1. The van der Waals surface area contributed by atoms with E-state index in [-0.39, 0.29) is 6.04 Å². The number of H-pyrrole nitrogens is 1. The number of nitrogens with one attached hydrogen (secondary N) is 2. The van der Waals surface area contributed by atoms with Gasteiger partial charge in [-0.1, -0.05) is 30.3 Å². The summed E-state index contributed by atoms with van der Waals surface area (Å²) in [7, 11) is 0. The molecule has 0 saturated heterocycles. The first-order chi connectivity index (χ1) is 7.84. The van der Waals surface area contributed by atoms with E-state index in [9.17, 15) is 0 Å². The van der Waals surface area contributed by atoms with Crippen molar-refractivity contribution in [3.05, 3.63) is 53.6 Å². The Hall–Kier alpha value is -1.61. The highest BCUT2D eigenvalue weighted by molar-refractivity contribution is 5.32. The molecule has 3 nitrogen and oxygen atoms in total. The number of hydrogen-bond acceptors (Lipinski definition) is 2. The third-order valence-electron chi connectivity index (χ3n) is 3.12. The molecule has 1 unspecified atom stereocenters. The highest BCUT2D eigenvalue weighted by Gasteiger charge is 2.26. The Kier molecular flexibility index (Phi) is 2.26. The second kappa shape index (κ2) is 3.76. The summed E-state index contributed by atoms with van der Waals surface area (Å²) in [5.74, 6) is 0. The third kappa shape index (κ3) is 1.53. The highest BCUT2D eigenvalue weighted by atomic mass is 15.0. The molecule has 0 saturated carbocycles. The van der Waals surface area contributed by atoms with Crippen LogP contribution >= 0.6 is 0 Å². The Balaban J connectivity index is 2.04. The van der Waals surface area contributed by atoms with E-state index in [1.165, 1.54) is 11.3 Å². The lowest BCUT2D eigenvalue weighted by Gasteiger charge is -2.28. The first-order valence-electron chi connectivity index (χ1n) is 5.68. The Morgan fingerprint density at radius 2 is 2.06 bits per heavy atom. The summed E-state index contributed by atoms with van der Waals surface area (Å²) in [6, 6.07) is 11.2. The summed E-state index contributed by atoms with van der Waals surface area (Å²) >= 11 is 0. The van der Waals surface area contributed by atoms with Gasteiger partial charge in [-0.2, -0.15) is 0 Å². The van der Waals surface area contributed by atoms with Gasteiger partial charge in [-0.15, -0.1) is 0 Å². The van der Waals surface area contributed by atoms with Gasteiger partial charge in [-0.3, -0.25) is 0 Å².